The fourth-order valence-corrected chi connectivity index (χ4v) is 1.94. The van der Waals surface area contributed by atoms with Gasteiger partial charge in [-0.3, -0.25) is 9.59 Å². The van der Waals surface area contributed by atoms with E-state index >= 15 is 0 Å². The smallest absolute Gasteiger partial charge is 0.242 e. The van der Waals surface area contributed by atoms with Crippen LogP contribution in [-0.4, -0.2) is 23.9 Å². The molecule has 0 saturated carbocycles. The predicted molar refractivity (Wildman–Crippen MR) is 61.2 cm³/mol. The van der Waals surface area contributed by atoms with Gasteiger partial charge in [-0.1, -0.05) is 0 Å². The quantitative estimate of drug-likeness (QED) is 0.804. The van der Waals surface area contributed by atoms with Crippen molar-refractivity contribution in [1.29, 1.82) is 0 Å². The van der Waals surface area contributed by atoms with Crippen LogP contribution in [0.2, 0.25) is 0 Å². The molecule has 17 heavy (non-hydrogen) atoms. The van der Waals surface area contributed by atoms with E-state index in [4.69, 9.17) is 4.42 Å². The molecule has 2 atom stereocenters. The summed E-state index contributed by atoms with van der Waals surface area (Å²) in [6.45, 7) is 1.91. The second kappa shape index (κ2) is 5.03. The molecule has 1 saturated heterocycles. The van der Waals surface area contributed by atoms with Crippen molar-refractivity contribution < 1.29 is 14.0 Å². The van der Waals surface area contributed by atoms with E-state index in [9.17, 15) is 9.59 Å². The van der Waals surface area contributed by atoms with E-state index in [0.717, 1.165) is 5.76 Å². The number of amides is 2. The minimum atomic E-state index is -0.374. The van der Waals surface area contributed by atoms with Gasteiger partial charge in [-0.2, -0.15) is 0 Å². The van der Waals surface area contributed by atoms with Gasteiger partial charge < -0.3 is 15.1 Å². The van der Waals surface area contributed by atoms with Crippen LogP contribution in [-0.2, 0) is 16.0 Å². The predicted octanol–water partition coefficient (Wildman–Crippen LogP) is 0.605. The fourth-order valence-electron chi connectivity index (χ4n) is 1.94. The molecule has 2 rings (SSSR count). The number of nitrogens with one attached hydrogen (secondary N) is 2. The maximum absolute atomic E-state index is 11.8. The summed E-state index contributed by atoms with van der Waals surface area (Å²) in [5.74, 6) is 0.673. The number of carbonyl (C=O) groups is 2. The Hall–Kier alpha value is -1.78. The van der Waals surface area contributed by atoms with Gasteiger partial charge in [-0.25, -0.2) is 0 Å². The number of carbonyl (C=O) groups excluding carboxylic acids is 2. The van der Waals surface area contributed by atoms with Crippen molar-refractivity contribution in [1.82, 2.24) is 10.6 Å². The Morgan fingerprint density at radius 3 is 3.12 bits per heavy atom. The second-order valence-electron chi connectivity index (χ2n) is 4.35. The average molecular weight is 236 g/mol. The van der Waals surface area contributed by atoms with E-state index in [1.807, 2.05) is 19.1 Å². The fraction of sp³-hybridized carbons (Fsp3) is 0.500. The summed E-state index contributed by atoms with van der Waals surface area (Å²) in [6.07, 6.45) is 3.28. The summed E-state index contributed by atoms with van der Waals surface area (Å²) in [5.41, 5.74) is 0. The van der Waals surface area contributed by atoms with Gasteiger partial charge in [-0.05, 0) is 25.5 Å². The van der Waals surface area contributed by atoms with Crippen molar-refractivity contribution in [3.63, 3.8) is 0 Å². The normalized spacial score (nSPS) is 21.0. The minimum absolute atomic E-state index is 0.00819. The Bertz CT molecular complexity index is 400. The molecule has 1 aromatic heterocycles. The van der Waals surface area contributed by atoms with Gasteiger partial charge in [0.1, 0.15) is 11.8 Å². The molecular weight excluding hydrogens is 220 g/mol. The molecule has 2 amide bonds. The first kappa shape index (κ1) is 11.7. The molecular formula is C12H16N2O3. The lowest BCUT2D eigenvalue weighted by molar-refractivity contribution is -0.126. The standard InChI is InChI=1S/C12H16N2O3/c1-8(7-9-3-2-6-17-9)13-12(16)10-4-5-11(15)14-10/h2-3,6,8,10H,4-5,7H2,1H3,(H,13,16)(H,14,15)/t8-,10-/m1/s1. The summed E-state index contributed by atoms with van der Waals surface area (Å²) in [4.78, 5) is 22.8. The first-order chi connectivity index (χ1) is 8.15. The third kappa shape index (κ3) is 3.09. The van der Waals surface area contributed by atoms with Crippen LogP contribution in [0.15, 0.2) is 22.8 Å². The maximum Gasteiger partial charge on any atom is 0.242 e. The zero-order valence-corrected chi connectivity index (χ0v) is 9.73. The van der Waals surface area contributed by atoms with Gasteiger partial charge in [0, 0.05) is 18.9 Å². The molecule has 0 aromatic carbocycles. The van der Waals surface area contributed by atoms with Crippen molar-refractivity contribution in [2.45, 2.75) is 38.3 Å². The highest BCUT2D eigenvalue weighted by atomic mass is 16.3. The first-order valence-electron chi connectivity index (χ1n) is 5.77. The van der Waals surface area contributed by atoms with E-state index in [1.54, 1.807) is 6.26 Å². The molecule has 1 aliphatic heterocycles. The van der Waals surface area contributed by atoms with Crippen molar-refractivity contribution in [3.8, 4) is 0 Å². The molecule has 0 radical (unpaired) electrons. The van der Waals surface area contributed by atoms with Crippen LogP contribution in [0, 0.1) is 0 Å². The summed E-state index contributed by atoms with van der Waals surface area (Å²) < 4.78 is 5.21. The van der Waals surface area contributed by atoms with Gasteiger partial charge in [0.05, 0.1) is 6.26 Å². The lowest BCUT2D eigenvalue weighted by Gasteiger charge is -2.16. The maximum atomic E-state index is 11.8. The second-order valence-corrected chi connectivity index (χ2v) is 4.35. The Labute approximate surface area is 99.6 Å². The molecule has 0 aliphatic carbocycles. The molecule has 2 N–H and O–H groups in total. The van der Waals surface area contributed by atoms with E-state index in [1.165, 1.54) is 0 Å². The van der Waals surface area contributed by atoms with E-state index < -0.39 is 0 Å². The Balaban J connectivity index is 1.80. The van der Waals surface area contributed by atoms with Crippen molar-refractivity contribution in [3.05, 3.63) is 24.2 Å². The number of rotatable bonds is 4. The number of furan rings is 1. The zero-order chi connectivity index (χ0) is 12.3. The summed E-state index contributed by atoms with van der Waals surface area (Å²) in [7, 11) is 0. The summed E-state index contributed by atoms with van der Waals surface area (Å²) in [6, 6.07) is 3.31. The highest BCUT2D eigenvalue weighted by Gasteiger charge is 2.27. The molecule has 1 aromatic rings. The molecule has 5 heteroatoms. The highest BCUT2D eigenvalue weighted by Crippen LogP contribution is 2.08. The molecule has 0 spiro atoms. The topological polar surface area (TPSA) is 71.3 Å². The van der Waals surface area contributed by atoms with E-state index in [2.05, 4.69) is 10.6 Å². The molecule has 0 unspecified atom stereocenters. The van der Waals surface area contributed by atoms with Crippen molar-refractivity contribution >= 4 is 11.8 Å². The van der Waals surface area contributed by atoms with Gasteiger partial charge in [0.2, 0.25) is 11.8 Å². The van der Waals surface area contributed by atoms with Crippen LogP contribution >= 0.6 is 0 Å². The van der Waals surface area contributed by atoms with Crippen LogP contribution < -0.4 is 10.6 Å². The number of hydrogen-bond acceptors (Lipinski definition) is 3. The molecule has 2 heterocycles. The van der Waals surface area contributed by atoms with Crippen LogP contribution in [0.5, 0.6) is 0 Å². The van der Waals surface area contributed by atoms with Gasteiger partial charge >= 0.3 is 0 Å². The van der Waals surface area contributed by atoms with E-state index in [0.29, 0.717) is 19.3 Å². The minimum Gasteiger partial charge on any atom is -0.469 e. The highest BCUT2D eigenvalue weighted by molar-refractivity contribution is 5.90. The lowest BCUT2D eigenvalue weighted by atomic mass is 10.1. The Morgan fingerprint density at radius 2 is 2.53 bits per heavy atom. The molecule has 0 bridgehead atoms. The zero-order valence-electron chi connectivity index (χ0n) is 9.73. The van der Waals surface area contributed by atoms with Gasteiger partial charge in [0.25, 0.3) is 0 Å². The molecule has 5 nitrogen and oxygen atoms in total. The molecule has 1 aliphatic rings. The SMILES string of the molecule is C[C@H](Cc1ccco1)NC(=O)[C@H]1CCC(=O)N1. The third-order valence-electron chi connectivity index (χ3n) is 2.79. The average Bonchev–Trinajstić information content (AvgIpc) is 2.89. The van der Waals surface area contributed by atoms with Gasteiger partial charge in [0.15, 0.2) is 0 Å². The molecule has 1 fully saturated rings. The lowest BCUT2D eigenvalue weighted by Crippen LogP contribution is -2.45. The summed E-state index contributed by atoms with van der Waals surface area (Å²) in [5, 5.41) is 5.51. The van der Waals surface area contributed by atoms with Crippen LogP contribution in [0.4, 0.5) is 0 Å². The van der Waals surface area contributed by atoms with Crippen molar-refractivity contribution in [2.75, 3.05) is 0 Å². The Morgan fingerprint density at radius 1 is 1.71 bits per heavy atom. The van der Waals surface area contributed by atoms with Crippen LogP contribution in [0.25, 0.3) is 0 Å². The van der Waals surface area contributed by atoms with Crippen molar-refractivity contribution in [2.24, 2.45) is 0 Å². The van der Waals surface area contributed by atoms with Gasteiger partial charge in [-0.15, -0.1) is 0 Å². The largest absolute Gasteiger partial charge is 0.469 e. The van der Waals surface area contributed by atoms with Crippen LogP contribution in [0.3, 0.4) is 0 Å². The first-order valence-corrected chi connectivity index (χ1v) is 5.77. The van der Waals surface area contributed by atoms with E-state index in [-0.39, 0.29) is 23.9 Å². The third-order valence-corrected chi connectivity index (χ3v) is 2.79. The summed E-state index contributed by atoms with van der Waals surface area (Å²) >= 11 is 0. The molecule has 92 valence electrons. The van der Waals surface area contributed by atoms with Crippen LogP contribution in [0.1, 0.15) is 25.5 Å². The number of hydrogen-bond donors (Lipinski definition) is 2. The monoisotopic (exact) mass is 236 g/mol. The Kier molecular flexibility index (Phi) is 3.46.